The Morgan fingerprint density at radius 3 is 2.84 bits per heavy atom. The standard InChI is InChI=1S/C15H17FN2O/c1-11(2)19-15-14(7-4-8-17-15)18-10-12-5-3-6-13(16)9-12/h3-9,11,18H,10H2,1-2H3. The van der Waals surface area contributed by atoms with E-state index in [0.717, 1.165) is 11.3 Å². The van der Waals surface area contributed by atoms with Crippen molar-refractivity contribution in [3.8, 4) is 5.88 Å². The molecule has 0 spiro atoms. The largest absolute Gasteiger partial charge is 0.473 e. The lowest BCUT2D eigenvalue weighted by Gasteiger charge is -2.14. The number of nitrogens with one attached hydrogen (secondary N) is 1. The van der Waals surface area contributed by atoms with Crippen LogP contribution in [-0.4, -0.2) is 11.1 Å². The van der Waals surface area contributed by atoms with Crippen LogP contribution in [0.15, 0.2) is 42.6 Å². The molecule has 4 heteroatoms. The van der Waals surface area contributed by atoms with E-state index < -0.39 is 0 Å². The van der Waals surface area contributed by atoms with Crippen LogP contribution in [0, 0.1) is 5.82 Å². The smallest absolute Gasteiger partial charge is 0.237 e. The van der Waals surface area contributed by atoms with E-state index in [-0.39, 0.29) is 11.9 Å². The Hall–Kier alpha value is -2.10. The molecule has 0 aliphatic rings. The average Bonchev–Trinajstić information content (AvgIpc) is 2.37. The molecule has 3 nitrogen and oxygen atoms in total. The van der Waals surface area contributed by atoms with Crippen LogP contribution in [0.4, 0.5) is 10.1 Å². The van der Waals surface area contributed by atoms with Crippen LogP contribution < -0.4 is 10.1 Å². The molecule has 0 fully saturated rings. The molecule has 1 heterocycles. The number of rotatable bonds is 5. The quantitative estimate of drug-likeness (QED) is 0.891. The summed E-state index contributed by atoms with van der Waals surface area (Å²) in [6.45, 7) is 4.42. The van der Waals surface area contributed by atoms with Crippen molar-refractivity contribution in [1.82, 2.24) is 4.98 Å². The van der Waals surface area contributed by atoms with Crippen LogP contribution >= 0.6 is 0 Å². The molecule has 0 radical (unpaired) electrons. The summed E-state index contributed by atoms with van der Waals surface area (Å²) in [4.78, 5) is 4.19. The highest BCUT2D eigenvalue weighted by Gasteiger charge is 2.06. The fourth-order valence-electron chi connectivity index (χ4n) is 1.69. The van der Waals surface area contributed by atoms with E-state index in [1.54, 1.807) is 12.3 Å². The molecule has 19 heavy (non-hydrogen) atoms. The third-order valence-corrected chi connectivity index (χ3v) is 2.49. The lowest BCUT2D eigenvalue weighted by molar-refractivity contribution is 0.234. The molecule has 2 aromatic rings. The van der Waals surface area contributed by atoms with Gasteiger partial charge in [0.25, 0.3) is 0 Å². The zero-order valence-electron chi connectivity index (χ0n) is 11.1. The molecular formula is C15H17FN2O. The molecular weight excluding hydrogens is 243 g/mol. The van der Waals surface area contributed by atoms with Crippen LogP contribution in [0.25, 0.3) is 0 Å². The number of pyridine rings is 1. The molecule has 0 bridgehead atoms. The number of hydrogen-bond donors (Lipinski definition) is 1. The van der Waals surface area contributed by atoms with Gasteiger partial charge in [-0.15, -0.1) is 0 Å². The lowest BCUT2D eigenvalue weighted by atomic mass is 10.2. The minimum Gasteiger partial charge on any atom is -0.473 e. The second-order valence-electron chi connectivity index (χ2n) is 4.51. The molecule has 2 rings (SSSR count). The van der Waals surface area contributed by atoms with E-state index in [1.807, 2.05) is 32.0 Å². The molecule has 0 aliphatic heterocycles. The zero-order chi connectivity index (χ0) is 13.7. The topological polar surface area (TPSA) is 34.1 Å². The van der Waals surface area contributed by atoms with Gasteiger partial charge in [-0.05, 0) is 43.7 Å². The van der Waals surface area contributed by atoms with Gasteiger partial charge in [-0.1, -0.05) is 12.1 Å². The van der Waals surface area contributed by atoms with Crippen LogP contribution in [0.5, 0.6) is 5.88 Å². The Bertz CT molecular complexity index is 543. The first-order valence-corrected chi connectivity index (χ1v) is 6.25. The Morgan fingerprint density at radius 1 is 1.26 bits per heavy atom. The van der Waals surface area contributed by atoms with Gasteiger partial charge in [0.05, 0.1) is 11.8 Å². The first-order chi connectivity index (χ1) is 9.15. The van der Waals surface area contributed by atoms with Gasteiger partial charge < -0.3 is 10.1 Å². The van der Waals surface area contributed by atoms with E-state index in [4.69, 9.17) is 4.74 Å². The summed E-state index contributed by atoms with van der Waals surface area (Å²) in [6.07, 6.45) is 1.75. The van der Waals surface area contributed by atoms with Crippen molar-refractivity contribution in [1.29, 1.82) is 0 Å². The van der Waals surface area contributed by atoms with Gasteiger partial charge in [-0.3, -0.25) is 0 Å². The Morgan fingerprint density at radius 2 is 2.11 bits per heavy atom. The summed E-state index contributed by atoms with van der Waals surface area (Å²) in [7, 11) is 0. The maximum Gasteiger partial charge on any atom is 0.237 e. The highest BCUT2D eigenvalue weighted by molar-refractivity contribution is 5.52. The number of nitrogens with zero attached hydrogens (tertiary/aromatic N) is 1. The Kier molecular flexibility index (Phi) is 4.34. The lowest BCUT2D eigenvalue weighted by Crippen LogP contribution is -2.10. The summed E-state index contributed by atoms with van der Waals surface area (Å²) in [5.74, 6) is 0.332. The summed E-state index contributed by atoms with van der Waals surface area (Å²) < 4.78 is 18.7. The molecule has 1 aromatic carbocycles. The fourth-order valence-corrected chi connectivity index (χ4v) is 1.69. The number of hydrogen-bond acceptors (Lipinski definition) is 3. The van der Waals surface area contributed by atoms with E-state index in [1.165, 1.54) is 12.1 Å². The van der Waals surface area contributed by atoms with Crippen LogP contribution in [-0.2, 0) is 6.54 Å². The predicted molar refractivity (Wildman–Crippen MR) is 73.7 cm³/mol. The van der Waals surface area contributed by atoms with Crippen LogP contribution in [0.2, 0.25) is 0 Å². The van der Waals surface area contributed by atoms with Gasteiger partial charge in [0, 0.05) is 12.7 Å². The van der Waals surface area contributed by atoms with Crippen molar-refractivity contribution >= 4 is 5.69 Å². The van der Waals surface area contributed by atoms with E-state index >= 15 is 0 Å². The van der Waals surface area contributed by atoms with Gasteiger partial charge in [-0.25, -0.2) is 9.37 Å². The Labute approximate surface area is 112 Å². The number of aromatic nitrogens is 1. The monoisotopic (exact) mass is 260 g/mol. The molecule has 100 valence electrons. The molecule has 0 saturated carbocycles. The molecule has 0 unspecified atom stereocenters. The van der Waals surface area contributed by atoms with Crippen molar-refractivity contribution in [3.63, 3.8) is 0 Å². The highest BCUT2D eigenvalue weighted by atomic mass is 19.1. The molecule has 0 atom stereocenters. The summed E-state index contributed by atoms with van der Waals surface area (Å²) in [6, 6.07) is 10.2. The highest BCUT2D eigenvalue weighted by Crippen LogP contribution is 2.22. The third-order valence-electron chi connectivity index (χ3n) is 2.49. The molecule has 0 amide bonds. The number of halogens is 1. The van der Waals surface area contributed by atoms with Gasteiger partial charge in [0.15, 0.2) is 0 Å². The van der Waals surface area contributed by atoms with E-state index in [0.29, 0.717) is 12.4 Å². The van der Waals surface area contributed by atoms with Crippen molar-refractivity contribution in [2.45, 2.75) is 26.5 Å². The average molecular weight is 260 g/mol. The number of benzene rings is 1. The van der Waals surface area contributed by atoms with E-state index in [9.17, 15) is 4.39 Å². The number of ether oxygens (including phenoxy) is 1. The van der Waals surface area contributed by atoms with E-state index in [2.05, 4.69) is 10.3 Å². The van der Waals surface area contributed by atoms with Gasteiger partial charge in [0.2, 0.25) is 5.88 Å². The maximum atomic E-state index is 13.1. The second kappa shape index (κ2) is 6.18. The molecule has 1 N–H and O–H groups in total. The SMILES string of the molecule is CC(C)Oc1ncccc1NCc1cccc(F)c1. The first-order valence-electron chi connectivity index (χ1n) is 6.25. The third kappa shape index (κ3) is 3.95. The summed E-state index contributed by atoms with van der Waals surface area (Å²) >= 11 is 0. The Balaban J connectivity index is 2.07. The zero-order valence-corrected chi connectivity index (χ0v) is 11.1. The van der Waals surface area contributed by atoms with Crippen molar-refractivity contribution < 1.29 is 9.13 Å². The number of anilines is 1. The molecule has 0 saturated heterocycles. The maximum absolute atomic E-state index is 13.1. The van der Waals surface area contributed by atoms with Gasteiger partial charge in [-0.2, -0.15) is 0 Å². The molecule has 0 aliphatic carbocycles. The van der Waals surface area contributed by atoms with Crippen molar-refractivity contribution in [2.24, 2.45) is 0 Å². The molecule has 1 aromatic heterocycles. The van der Waals surface area contributed by atoms with Crippen molar-refractivity contribution in [2.75, 3.05) is 5.32 Å². The first kappa shape index (κ1) is 13.3. The van der Waals surface area contributed by atoms with Crippen molar-refractivity contribution in [3.05, 3.63) is 54.0 Å². The predicted octanol–water partition coefficient (Wildman–Crippen LogP) is 3.62. The fraction of sp³-hybridized carbons (Fsp3) is 0.267. The second-order valence-corrected chi connectivity index (χ2v) is 4.51. The summed E-state index contributed by atoms with van der Waals surface area (Å²) in [5.41, 5.74) is 1.68. The van der Waals surface area contributed by atoms with Gasteiger partial charge >= 0.3 is 0 Å². The minimum absolute atomic E-state index is 0.0598. The van der Waals surface area contributed by atoms with Crippen LogP contribution in [0.1, 0.15) is 19.4 Å². The normalized spacial score (nSPS) is 10.5. The minimum atomic E-state index is -0.232. The van der Waals surface area contributed by atoms with Crippen LogP contribution in [0.3, 0.4) is 0 Å². The summed E-state index contributed by atoms with van der Waals surface area (Å²) in [5, 5.41) is 3.21. The van der Waals surface area contributed by atoms with Gasteiger partial charge in [0.1, 0.15) is 5.82 Å².